The number of hydrogen-bond donors (Lipinski definition) is 2. The molecule has 200 valence electrons. The monoisotopic (exact) mass is 491 g/mol. The smallest absolute Gasteiger partial charge is 0.308 e. The van der Waals surface area contributed by atoms with E-state index in [1.807, 2.05) is 18.7 Å². The molecule has 6 nitrogen and oxygen atoms in total. The van der Waals surface area contributed by atoms with E-state index in [0.717, 1.165) is 45.2 Å². The summed E-state index contributed by atoms with van der Waals surface area (Å²) < 4.78 is 6.07. The number of carbonyl (C=O) groups is 2. The van der Waals surface area contributed by atoms with E-state index in [4.69, 9.17) is 4.74 Å². The summed E-state index contributed by atoms with van der Waals surface area (Å²) in [4.78, 5) is 26.7. The number of amides is 1. The van der Waals surface area contributed by atoms with Gasteiger partial charge in [0.1, 0.15) is 6.10 Å². The van der Waals surface area contributed by atoms with Crippen LogP contribution in [0.2, 0.25) is 0 Å². The fraction of sp³-hybridized carbons (Fsp3) is 0.793. The number of likely N-dealkylation sites (tertiary alicyclic amines) is 1. The molecule has 0 spiro atoms. The summed E-state index contributed by atoms with van der Waals surface area (Å²) in [5, 5.41) is 21.1. The van der Waals surface area contributed by atoms with E-state index >= 15 is 0 Å². The first-order valence-corrected chi connectivity index (χ1v) is 13.4. The first-order valence-electron chi connectivity index (χ1n) is 13.4. The van der Waals surface area contributed by atoms with Crippen molar-refractivity contribution in [2.24, 2.45) is 29.6 Å². The SMILES string of the molecule is C.CC[C@H](C)C(=O)O[C@H]1C[C@@H](C)C=C2C=C[C@H](C)[C@H](CC[C@@H](O)C[C@@H](O)CC(=O)N3CCCC3)[C@H]21. The third-order valence-corrected chi connectivity index (χ3v) is 8.12. The Bertz CT molecular complexity index is 756. The van der Waals surface area contributed by atoms with Gasteiger partial charge in [0, 0.05) is 19.0 Å². The lowest BCUT2D eigenvalue weighted by Crippen LogP contribution is -2.41. The van der Waals surface area contributed by atoms with Crippen molar-refractivity contribution < 1.29 is 24.5 Å². The average Bonchev–Trinajstić information content (AvgIpc) is 3.33. The zero-order chi connectivity index (χ0) is 24.8. The van der Waals surface area contributed by atoms with Crippen molar-refractivity contribution in [3.05, 3.63) is 23.8 Å². The van der Waals surface area contributed by atoms with Crippen molar-refractivity contribution in [1.82, 2.24) is 4.90 Å². The molecule has 0 unspecified atom stereocenters. The van der Waals surface area contributed by atoms with E-state index in [-0.39, 0.29) is 56.0 Å². The molecule has 3 rings (SSSR count). The van der Waals surface area contributed by atoms with Crippen LogP contribution in [-0.4, -0.2) is 58.4 Å². The molecule has 0 aromatic carbocycles. The largest absolute Gasteiger partial charge is 0.461 e. The second-order valence-electron chi connectivity index (χ2n) is 11.0. The van der Waals surface area contributed by atoms with Crippen LogP contribution in [-0.2, 0) is 14.3 Å². The van der Waals surface area contributed by atoms with Crippen LogP contribution in [0.15, 0.2) is 23.8 Å². The highest BCUT2D eigenvalue weighted by Gasteiger charge is 2.41. The Labute approximate surface area is 212 Å². The first kappa shape index (κ1) is 29.6. The summed E-state index contributed by atoms with van der Waals surface area (Å²) in [6.07, 6.45) is 10.4. The number of hydrogen-bond acceptors (Lipinski definition) is 5. The molecule has 0 aromatic rings. The van der Waals surface area contributed by atoms with Crippen LogP contribution >= 0.6 is 0 Å². The van der Waals surface area contributed by atoms with E-state index in [0.29, 0.717) is 18.3 Å². The first-order chi connectivity index (χ1) is 16.2. The molecule has 1 aliphatic heterocycles. The summed E-state index contributed by atoms with van der Waals surface area (Å²) in [6.45, 7) is 9.84. The molecule has 1 heterocycles. The van der Waals surface area contributed by atoms with Crippen molar-refractivity contribution >= 4 is 11.9 Å². The zero-order valence-corrected chi connectivity index (χ0v) is 21.5. The van der Waals surface area contributed by atoms with Crippen molar-refractivity contribution in [2.75, 3.05) is 13.1 Å². The fourth-order valence-corrected chi connectivity index (χ4v) is 5.85. The number of nitrogens with zero attached hydrogens (tertiary/aromatic N) is 1. The molecule has 0 radical (unpaired) electrons. The quantitative estimate of drug-likeness (QED) is 0.425. The highest BCUT2D eigenvalue weighted by molar-refractivity contribution is 5.76. The van der Waals surface area contributed by atoms with Crippen LogP contribution in [0.3, 0.4) is 0 Å². The lowest BCUT2D eigenvalue weighted by molar-refractivity contribution is -0.158. The molecule has 0 saturated carbocycles. The zero-order valence-electron chi connectivity index (χ0n) is 21.5. The van der Waals surface area contributed by atoms with E-state index in [1.165, 1.54) is 5.57 Å². The van der Waals surface area contributed by atoms with Crippen molar-refractivity contribution in [2.45, 2.75) is 105 Å². The second kappa shape index (κ2) is 13.6. The standard InChI is InChI=1S/C28H45NO5.CH4/c1-5-19(3)28(33)34-25-15-18(2)14-21-9-8-20(4)24(27(21)25)11-10-22(30)16-23(31)17-26(32)29-12-6-7-13-29;/h8-9,14,18-20,22-25,27,30-31H,5-7,10-13,15-17H2,1-4H3;1H4/t18-,19-,20-,22+,23+,24-,25-,27-;/m0./s1. The molecule has 2 N–H and O–H groups in total. The normalized spacial score (nSPS) is 30.5. The number of carbonyl (C=O) groups excluding carboxylic acids is 2. The number of rotatable bonds is 10. The molecule has 2 aliphatic carbocycles. The molecule has 1 amide bonds. The van der Waals surface area contributed by atoms with Crippen molar-refractivity contribution in [1.29, 1.82) is 0 Å². The minimum atomic E-state index is -0.818. The van der Waals surface area contributed by atoms with Gasteiger partial charge in [-0.25, -0.2) is 0 Å². The maximum Gasteiger partial charge on any atom is 0.308 e. The summed E-state index contributed by atoms with van der Waals surface area (Å²) in [5.74, 6) is 0.830. The molecule has 0 bridgehead atoms. The van der Waals surface area contributed by atoms with Gasteiger partial charge in [0.2, 0.25) is 5.91 Å². The Morgan fingerprint density at radius 2 is 1.86 bits per heavy atom. The molecule has 8 atom stereocenters. The number of allylic oxidation sites excluding steroid dienone is 3. The molecular formula is C29H49NO5. The molecule has 6 heteroatoms. The van der Waals surface area contributed by atoms with Gasteiger partial charge in [-0.05, 0) is 68.3 Å². The second-order valence-corrected chi connectivity index (χ2v) is 11.0. The molecule has 1 fully saturated rings. The van der Waals surface area contributed by atoms with Crippen LogP contribution in [0.4, 0.5) is 0 Å². The van der Waals surface area contributed by atoms with Crippen LogP contribution < -0.4 is 0 Å². The van der Waals surface area contributed by atoms with Gasteiger partial charge in [0.15, 0.2) is 0 Å². The minimum Gasteiger partial charge on any atom is -0.461 e. The maximum atomic E-state index is 12.6. The van der Waals surface area contributed by atoms with Gasteiger partial charge in [0.05, 0.1) is 24.5 Å². The van der Waals surface area contributed by atoms with Gasteiger partial charge in [-0.2, -0.15) is 0 Å². The topological polar surface area (TPSA) is 87.1 Å². The Morgan fingerprint density at radius 3 is 2.51 bits per heavy atom. The molecule has 3 aliphatic rings. The van der Waals surface area contributed by atoms with Crippen molar-refractivity contribution in [3.63, 3.8) is 0 Å². The van der Waals surface area contributed by atoms with Crippen LogP contribution in [0, 0.1) is 29.6 Å². The van der Waals surface area contributed by atoms with E-state index in [1.54, 1.807) is 0 Å². The molecule has 1 saturated heterocycles. The van der Waals surface area contributed by atoms with E-state index in [2.05, 4.69) is 32.1 Å². The van der Waals surface area contributed by atoms with Gasteiger partial charge >= 0.3 is 5.97 Å². The Morgan fingerprint density at radius 1 is 1.17 bits per heavy atom. The van der Waals surface area contributed by atoms with E-state index < -0.39 is 12.2 Å². The summed E-state index contributed by atoms with van der Waals surface area (Å²) >= 11 is 0. The number of esters is 1. The summed E-state index contributed by atoms with van der Waals surface area (Å²) in [7, 11) is 0. The number of aliphatic hydroxyl groups is 2. The highest BCUT2D eigenvalue weighted by atomic mass is 16.5. The van der Waals surface area contributed by atoms with Gasteiger partial charge in [-0.3, -0.25) is 9.59 Å². The average molecular weight is 492 g/mol. The summed E-state index contributed by atoms with van der Waals surface area (Å²) in [5.41, 5.74) is 1.24. The van der Waals surface area contributed by atoms with Gasteiger partial charge in [-0.15, -0.1) is 0 Å². The number of fused-ring (bicyclic) bond motifs is 1. The predicted molar refractivity (Wildman–Crippen MR) is 140 cm³/mol. The van der Waals surface area contributed by atoms with Crippen LogP contribution in [0.1, 0.15) is 86.5 Å². The fourth-order valence-electron chi connectivity index (χ4n) is 5.85. The van der Waals surface area contributed by atoms with Crippen molar-refractivity contribution in [3.8, 4) is 0 Å². The highest BCUT2D eigenvalue weighted by Crippen LogP contribution is 2.45. The number of aliphatic hydroxyl groups excluding tert-OH is 2. The van der Waals surface area contributed by atoms with Gasteiger partial charge < -0.3 is 19.8 Å². The van der Waals surface area contributed by atoms with Gasteiger partial charge in [-0.1, -0.05) is 53.3 Å². The van der Waals surface area contributed by atoms with Crippen LogP contribution in [0.25, 0.3) is 0 Å². The summed E-state index contributed by atoms with van der Waals surface area (Å²) in [6, 6.07) is 0. The third-order valence-electron chi connectivity index (χ3n) is 8.12. The third kappa shape index (κ3) is 7.91. The Balaban J connectivity index is 0.00000432. The Hall–Kier alpha value is -1.66. The molecule has 35 heavy (non-hydrogen) atoms. The maximum absolute atomic E-state index is 12.6. The molecule has 0 aromatic heterocycles. The lowest BCUT2D eigenvalue weighted by atomic mass is 9.65. The lowest BCUT2D eigenvalue weighted by Gasteiger charge is -2.43. The number of ether oxygens (including phenoxy) is 1. The Kier molecular flexibility index (Phi) is 11.5. The predicted octanol–water partition coefficient (Wildman–Crippen LogP) is 4.89. The molecular weight excluding hydrogens is 442 g/mol. The van der Waals surface area contributed by atoms with Crippen LogP contribution in [0.5, 0.6) is 0 Å². The van der Waals surface area contributed by atoms with Gasteiger partial charge in [0.25, 0.3) is 0 Å². The van der Waals surface area contributed by atoms with E-state index in [9.17, 15) is 19.8 Å². The minimum absolute atomic E-state index is 0.